The lowest BCUT2D eigenvalue weighted by atomic mass is 9.99. The predicted octanol–water partition coefficient (Wildman–Crippen LogP) is 3.38. The standard InChI is InChI=1S/C14H19F2NS/c1-17-12(13-7-2-3-8-18-13)9-10-5-4-6-11(15)14(10)16/h4-6,12-13,17H,2-3,7-9H2,1H3. The van der Waals surface area contributed by atoms with Crippen LogP contribution in [0.15, 0.2) is 18.2 Å². The normalized spacial score (nSPS) is 21.8. The summed E-state index contributed by atoms with van der Waals surface area (Å²) in [6.07, 6.45) is 4.22. The highest BCUT2D eigenvalue weighted by molar-refractivity contribution is 8.00. The maximum Gasteiger partial charge on any atom is 0.162 e. The Bertz CT molecular complexity index is 391. The fraction of sp³-hybridized carbons (Fsp3) is 0.571. The van der Waals surface area contributed by atoms with Crippen LogP contribution in [0.25, 0.3) is 0 Å². The number of rotatable bonds is 4. The molecule has 0 radical (unpaired) electrons. The van der Waals surface area contributed by atoms with Crippen LogP contribution in [0.5, 0.6) is 0 Å². The SMILES string of the molecule is CNC(Cc1cccc(F)c1F)C1CCCCS1. The molecule has 18 heavy (non-hydrogen) atoms. The van der Waals surface area contributed by atoms with Gasteiger partial charge in [-0.3, -0.25) is 0 Å². The summed E-state index contributed by atoms with van der Waals surface area (Å²) < 4.78 is 26.8. The highest BCUT2D eigenvalue weighted by atomic mass is 32.2. The molecule has 0 bridgehead atoms. The summed E-state index contributed by atoms with van der Waals surface area (Å²) in [4.78, 5) is 0. The Morgan fingerprint density at radius 2 is 2.22 bits per heavy atom. The molecule has 1 heterocycles. The molecule has 0 aliphatic carbocycles. The van der Waals surface area contributed by atoms with Gasteiger partial charge in [0.15, 0.2) is 11.6 Å². The Morgan fingerprint density at radius 1 is 1.39 bits per heavy atom. The molecular weight excluding hydrogens is 252 g/mol. The van der Waals surface area contributed by atoms with Crippen LogP contribution in [0.3, 0.4) is 0 Å². The topological polar surface area (TPSA) is 12.0 Å². The van der Waals surface area contributed by atoms with Crippen molar-refractivity contribution in [3.8, 4) is 0 Å². The van der Waals surface area contributed by atoms with Gasteiger partial charge < -0.3 is 5.32 Å². The lowest BCUT2D eigenvalue weighted by Crippen LogP contribution is -2.39. The molecule has 2 rings (SSSR count). The highest BCUT2D eigenvalue weighted by Crippen LogP contribution is 2.29. The first-order chi connectivity index (χ1) is 8.72. The summed E-state index contributed by atoms with van der Waals surface area (Å²) in [6.45, 7) is 0. The Hall–Kier alpha value is -0.610. The van der Waals surface area contributed by atoms with Crippen LogP contribution in [-0.4, -0.2) is 24.1 Å². The Kier molecular flexibility index (Phi) is 5.01. The van der Waals surface area contributed by atoms with Gasteiger partial charge in [0.05, 0.1) is 0 Å². The van der Waals surface area contributed by atoms with Gasteiger partial charge in [-0.05, 0) is 43.7 Å². The van der Waals surface area contributed by atoms with Crippen molar-refractivity contribution in [3.05, 3.63) is 35.4 Å². The highest BCUT2D eigenvalue weighted by Gasteiger charge is 2.24. The van der Waals surface area contributed by atoms with E-state index in [-0.39, 0.29) is 6.04 Å². The van der Waals surface area contributed by atoms with E-state index in [0.29, 0.717) is 17.2 Å². The van der Waals surface area contributed by atoms with Crippen LogP contribution in [-0.2, 0) is 6.42 Å². The van der Waals surface area contributed by atoms with Crippen LogP contribution < -0.4 is 5.32 Å². The first-order valence-corrected chi connectivity index (χ1v) is 7.49. The third-order valence-electron chi connectivity index (χ3n) is 3.51. The van der Waals surface area contributed by atoms with Crippen LogP contribution in [0.4, 0.5) is 8.78 Å². The number of hydrogen-bond acceptors (Lipinski definition) is 2. The lowest BCUT2D eigenvalue weighted by molar-refractivity contribution is 0.464. The van der Waals surface area contributed by atoms with E-state index in [9.17, 15) is 8.78 Å². The average molecular weight is 271 g/mol. The lowest BCUT2D eigenvalue weighted by Gasteiger charge is -2.29. The molecule has 1 nitrogen and oxygen atoms in total. The van der Waals surface area contributed by atoms with E-state index in [4.69, 9.17) is 0 Å². The predicted molar refractivity (Wildman–Crippen MR) is 73.0 cm³/mol. The third-order valence-corrected chi connectivity index (χ3v) is 5.02. The maximum atomic E-state index is 13.7. The molecule has 1 aliphatic rings. The van der Waals surface area contributed by atoms with Gasteiger partial charge in [-0.25, -0.2) is 8.78 Å². The molecule has 1 saturated heterocycles. The fourth-order valence-corrected chi connectivity index (χ4v) is 3.92. The van der Waals surface area contributed by atoms with Crippen molar-refractivity contribution in [1.29, 1.82) is 0 Å². The first-order valence-electron chi connectivity index (χ1n) is 6.44. The number of nitrogens with one attached hydrogen (secondary N) is 1. The minimum atomic E-state index is -0.751. The monoisotopic (exact) mass is 271 g/mol. The van der Waals surface area contributed by atoms with Crippen LogP contribution in [0, 0.1) is 11.6 Å². The summed E-state index contributed by atoms with van der Waals surface area (Å²) in [5.41, 5.74) is 0.473. The molecule has 100 valence electrons. The Labute approximate surface area is 111 Å². The first kappa shape index (κ1) is 13.8. The van der Waals surface area contributed by atoms with E-state index < -0.39 is 11.6 Å². The second kappa shape index (κ2) is 6.53. The number of likely N-dealkylation sites (N-methyl/N-ethyl adjacent to an activating group) is 1. The quantitative estimate of drug-likeness (QED) is 0.901. The zero-order valence-electron chi connectivity index (χ0n) is 10.6. The molecule has 2 atom stereocenters. The maximum absolute atomic E-state index is 13.7. The average Bonchev–Trinajstić information content (AvgIpc) is 2.41. The van der Waals surface area contributed by atoms with Crippen molar-refractivity contribution >= 4 is 11.8 Å². The summed E-state index contributed by atoms with van der Waals surface area (Å²) >= 11 is 1.95. The molecule has 4 heteroatoms. The van der Waals surface area contributed by atoms with Crippen LogP contribution in [0.1, 0.15) is 24.8 Å². The van der Waals surface area contributed by atoms with Crippen molar-refractivity contribution in [2.75, 3.05) is 12.8 Å². The second-order valence-electron chi connectivity index (χ2n) is 4.72. The second-order valence-corrected chi connectivity index (χ2v) is 6.06. The van der Waals surface area contributed by atoms with Gasteiger partial charge in [-0.2, -0.15) is 11.8 Å². The summed E-state index contributed by atoms with van der Waals surface area (Å²) in [7, 11) is 1.90. The Balaban J connectivity index is 2.07. The molecule has 0 aromatic heterocycles. The van der Waals surface area contributed by atoms with Crippen molar-refractivity contribution < 1.29 is 8.78 Å². The van der Waals surface area contributed by atoms with Crippen LogP contribution in [0.2, 0.25) is 0 Å². The van der Waals surface area contributed by atoms with E-state index in [2.05, 4.69) is 5.32 Å². The van der Waals surface area contributed by atoms with Crippen molar-refractivity contribution in [1.82, 2.24) is 5.32 Å². The van der Waals surface area contributed by atoms with Gasteiger partial charge in [0.2, 0.25) is 0 Å². The fourth-order valence-electron chi connectivity index (χ4n) is 2.45. The van der Waals surface area contributed by atoms with Gasteiger partial charge in [-0.15, -0.1) is 0 Å². The molecule has 1 aliphatic heterocycles. The molecule has 2 unspecified atom stereocenters. The smallest absolute Gasteiger partial charge is 0.162 e. The third kappa shape index (κ3) is 3.23. The Morgan fingerprint density at radius 3 is 2.89 bits per heavy atom. The minimum Gasteiger partial charge on any atom is -0.316 e. The molecule has 1 aromatic carbocycles. The minimum absolute atomic E-state index is 0.214. The summed E-state index contributed by atoms with van der Waals surface area (Å²) in [5, 5.41) is 3.76. The van der Waals surface area contributed by atoms with Gasteiger partial charge in [0.25, 0.3) is 0 Å². The number of hydrogen-bond donors (Lipinski definition) is 1. The van der Waals surface area contributed by atoms with Gasteiger partial charge in [0, 0.05) is 11.3 Å². The van der Waals surface area contributed by atoms with Gasteiger partial charge in [0.1, 0.15) is 0 Å². The van der Waals surface area contributed by atoms with Crippen molar-refractivity contribution in [2.24, 2.45) is 0 Å². The molecule has 1 N–H and O–H groups in total. The van der Waals surface area contributed by atoms with Gasteiger partial charge in [-0.1, -0.05) is 18.6 Å². The number of thioether (sulfide) groups is 1. The molecular formula is C14H19F2NS. The van der Waals surface area contributed by atoms with Gasteiger partial charge >= 0.3 is 0 Å². The largest absolute Gasteiger partial charge is 0.316 e. The van der Waals surface area contributed by atoms with Crippen molar-refractivity contribution in [3.63, 3.8) is 0 Å². The number of halogens is 2. The molecule has 0 spiro atoms. The molecule has 0 amide bonds. The van der Waals surface area contributed by atoms with Crippen LogP contribution >= 0.6 is 11.8 Å². The van der Waals surface area contributed by atoms with E-state index in [1.165, 1.54) is 24.7 Å². The van der Waals surface area contributed by atoms with E-state index in [0.717, 1.165) is 6.42 Å². The van der Waals surface area contributed by atoms with Crippen molar-refractivity contribution in [2.45, 2.75) is 37.0 Å². The van der Waals surface area contributed by atoms with E-state index in [1.54, 1.807) is 12.1 Å². The number of benzene rings is 1. The molecule has 0 saturated carbocycles. The zero-order valence-corrected chi connectivity index (χ0v) is 11.4. The summed E-state index contributed by atoms with van der Waals surface area (Å²) in [5.74, 6) is -0.272. The molecule has 1 aromatic rings. The molecule has 1 fully saturated rings. The van der Waals surface area contributed by atoms with E-state index in [1.807, 2.05) is 18.8 Å². The summed E-state index contributed by atoms with van der Waals surface area (Å²) in [6, 6.07) is 4.64. The zero-order chi connectivity index (χ0) is 13.0. The van der Waals surface area contributed by atoms with E-state index >= 15 is 0 Å².